The zero-order valence-electron chi connectivity index (χ0n) is 12.2. The van der Waals surface area contributed by atoms with Crippen molar-refractivity contribution in [2.75, 3.05) is 6.54 Å². The molecule has 0 saturated heterocycles. The number of hydrogen-bond donors (Lipinski definition) is 2. The quantitative estimate of drug-likeness (QED) is 0.792. The van der Waals surface area contributed by atoms with Crippen LogP contribution in [-0.2, 0) is 4.79 Å². The lowest BCUT2D eigenvalue weighted by atomic mass is 9.92. The molecule has 0 spiro atoms. The number of nitrogens with one attached hydrogen (secondary N) is 2. The second kappa shape index (κ2) is 4.60. The van der Waals surface area contributed by atoms with E-state index in [0.717, 1.165) is 25.8 Å². The van der Waals surface area contributed by atoms with Gasteiger partial charge >= 0.3 is 0 Å². The molecule has 1 rings (SSSR count). The normalized spacial score (nSPS) is 18.9. The van der Waals surface area contributed by atoms with E-state index in [1.54, 1.807) is 0 Å². The number of carbonyl (C=O) groups is 1. The Morgan fingerprint density at radius 2 is 1.65 bits per heavy atom. The van der Waals surface area contributed by atoms with E-state index in [0.29, 0.717) is 0 Å². The molecule has 0 bridgehead atoms. The second-order valence-corrected chi connectivity index (χ2v) is 7.52. The van der Waals surface area contributed by atoms with Gasteiger partial charge in [-0.25, -0.2) is 0 Å². The molecule has 1 fully saturated rings. The van der Waals surface area contributed by atoms with Crippen molar-refractivity contribution < 1.29 is 4.79 Å². The predicted molar refractivity (Wildman–Crippen MR) is 71.9 cm³/mol. The fourth-order valence-corrected chi connectivity index (χ4v) is 1.97. The molecule has 1 saturated carbocycles. The van der Waals surface area contributed by atoms with E-state index in [4.69, 9.17) is 0 Å². The van der Waals surface area contributed by atoms with E-state index in [9.17, 15) is 4.79 Å². The molecule has 0 aromatic rings. The summed E-state index contributed by atoms with van der Waals surface area (Å²) in [5.41, 5.74) is -0.00451. The minimum absolute atomic E-state index is 0.00212. The van der Waals surface area contributed by atoms with Gasteiger partial charge < -0.3 is 5.32 Å². The van der Waals surface area contributed by atoms with Gasteiger partial charge in [-0.3, -0.25) is 10.1 Å². The molecular formula is C14H28N2O. The van der Waals surface area contributed by atoms with Gasteiger partial charge in [-0.05, 0) is 45.4 Å². The zero-order valence-corrected chi connectivity index (χ0v) is 12.2. The van der Waals surface area contributed by atoms with Gasteiger partial charge in [-0.1, -0.05) is 20.8 Å². The van der Waals surface area contributed by atoms with Crippen LogP contribution in [-0.4, -0.2) is 23.5 Å². The molecule has 1 aliphatic carbocycles. The summed E-state index contributed by atoms with van der Waals surface area (Å²) in [5.74, 6) is 0.177. The molecule has 0 atom stereocenters. The van der Waals surface area contributed by atoms with Gasteiger partial charge in [-0.2, -0.15) is 0 Å². The Morgan fingerprint density at radius 3 is 2.00 bits per heavy atom. The summed E-state index contributed by atoms with van der Waals surface area (Å²) >= 11 is 0. The molecule has 1 amide bonds. The molecule has 100 valence electrons. The largest absolute Gasteiger partial charge is 0.354 e. The Bertz CT molecular complexity index is 280. The number of carbonyl (C=O) groups excluding carboxylic acids is 1. The van der Waals surface area contributed by atoms with E-state index in [2.05, 4.69) is 52.2 Å². The second-order valence-electron chi connectivity index (χ2n) is 7.52. The van der Waals surface area contributed by atoms with Gasteiger partial charge in [0.05, 0.1) is 5.54 Å². The topological polar surface area (TPSA) is 41.1 Å². The molecular weight excluding hydrogens is 212 g/mol. The van der Waals surface area contributed by atoms with Gasteiger partial charge in [0.25, 0.3) is 0 Å². The van der Waals surface area contributed by atoms with Crippen LogP contribution in [0.4, 0.5) is 0 Å². The Labute approximate surface area is 106 Å². The van der Waals surface area contributed by atoms with Crippen LogP contribution < -0.4 is 10.6 Å². The molecule has 0 heterocycles. The lowest BCUT2D eigenvalue weighted by Crippen LogP contribution is -2.54. The van der Waals surface area contributed by atoms with Gasteiger partial charge in [0.2, 0.25) is 5.91 Å². The first-order chi connectivity index (χ1) is 7.54. The van der Waals surface area contributed by atoms with Crippen LogP contribution in [0.25, 0.3) is 0 Å². The summed E-state index contributed by atoms with van der Waals surface area (Å²) in [5, 5.41) is 6.51. The van der Waals surface area contributed by atoms with Crippen molar-refractivity contribution in [2.45, 2.75) is 71.9 Å². The highest BCUT2D eigenvalue weighted by atomic mass is 16.2. The summed E-state index contributed by atoms with van der Waals surface area (Å²) in [6.07, 6.45) is 2.95. The van der Waals surface area contributed by atoms with Crippen LogP contribution in [0.1, 0.15) is 60.8 Å². The molecule has 3 heteroatoms. The van der Waals surface area contributed by atoms with Crippen LogP contribution in [0.5, 0.6) is 0 Å². The lowest BCUT2D eigenvalue weighted by Gasteiger charge is -2.28. The molecule has 3 nitrogen and oxygen atoms in total. The lowest BCUT2D eigenvalue weighted by molar-refractivity contribution is -0.124. The van der Waals surface area contributed by atoms with E-state index in [1.165, 1.54) is 0 Å². The van der Waals surface area contributed by atoms with Crippen LogP contribution in [0.15, 0.2) is 0 Å². The fraction of sp³-hybridized carbons (Fsp3) is 0.929. The van der Waals surface area contributed by atoms with Crippen molar-refractivity contribution in [3.8, 4) is 0 Å². The molecule has 0 aromatic carbocycles. The van der Waals surface area contributed by atoms with Crippen molar-refractivity contribution in [1.82, 2.24) is 10.6 Å². The Kier molecular flexibility index (Phi) is 3.92. The minimum atomic E-state index is -0.282. The van der Waals surface area contributed by atoms with E-state index >= 15 is 0 Å². The summed E-state index contributed by atoms with van der Waals surface area (Å²) in [4.78, 5) is 12.1. The van der Waals surface area contributed by atoms with Crippen molar-refractivity contribution in [3.05, 3.63) is 0 Å². The van der Waals surface area contributed by atoms with Crippen molar-refractivity contribution in [1.29, 1.82) is 0 Å². The molecule has 0 radical (unpaired) electrons. The fourth-order valence-electron chi connectivity index (χ4n) is 1.97. The highest BCUT2D eigenvalue weighted by Gasteiger charge is 2.51. The number of rotatable bonds is 4. The highest BCUT2D eigenvalue weighted by Crippen LogP contribution is 2.37. The molecule has 1 aliphatic rings. The third kappa shape index (κ3) is 5.07. The van der Waals surface area contributed by atoms with Crippen LogP contribution in [0.3, 0.4) is 0 Å². The standard InChI is InChI=1S/C14H28N2O/c1-12(2,3)9-10-15-11(17)14(7-8-14)16-13(4,5)6/h16H,7-10H2,1-6H3,(H,15,17). The van der Waals surface area contributed by atoms with Crippen molar-refractivity contribution in [2.24, 2.45) is 5.41 Å². The zero-order chi connectivity index (χ0) is 13.3. The molecule has 0 aliphatic heterocycles. The molecule has 0 aromatic heterocycles. The minimum Gasteiger partial charge on any atom is -0.354 e. The number of hydrogen-bond acceptors (Lipinski definition) is 2. The molecule has 0 unspecified atom stereocenters. The maximum Gasteiger partial charge on any atom is 0.240 e. The summed E-state index contributed by atoms with van der Waals surface area (Å²) < 4.78 is 0. The van der Waals surface area contributed by atoms with E-state index in [-0.39, 0.29) is 22.4 Å². The van der Waals surface area contributed by atoms with Crippen LogP contribution in [0, 0.1) is 5.41 Å². The maximum absolute atomic E-state index is 12.1. The van der Waals surface area contributed by atoms with Crippen LogP contribution >= 0.6 is 0 Å². The van der Waals surface area contributed by atoms with Crippen molar-refractivity contribution in [3.63, 3.8) is 0 Å². The molecule has 2 N–H and O–H groups in total. The first-order valence-corrected chi connectivity index (χ1v) is 6.62. The average molecular weight is 240 g/mol. The molecule has 17 heavy (non-hydrogen) atoms. The van der Waals surface area contributed by atoms with Gasteiger partial charge in [0.1, 0.15) is 0 Å². The highest BCUT2D eigenvalue weighted by molar-refractivity contribution is 5.89. The maximum atomic E-state index is 12.1. The average Bonchev–Trinajstić information content (AvgIpc) is 2.80. The predicted octanol–water partition coefficient (Wildman–Crippen LogP) is 2.46. The van der Waals surface area contributed by atoms with Gasteiger partial charge in [0, 0.05) is 12.1 Å². The first kappa shape index (κ1) is 14.5. The third-order valence-corrected chi connectivity index (χ3v) is 2.96. The summed E-state index contributed by atoms with van der Waals surface area (Å²) in [7, 11) is 0. The first-order valence-electron chi connectivity index (χ1n) is 6.62. The Hall–Kier alpha value is -0.570. The Morgan fingerprint density at radius 1 is 1.12 bits per heavy atom. The third-order valence-electron chi connectivity index (χ3n) is 2.96. The smallest absolute Gasteiger partial charge is 0.240 e. The summed E-state index contributed by atoms with van der Waals surface area (Å²) in [6.45, 7) is 13.7. The Balaban J connectivity index is 2.38. The van der Waals surface area contributed by atoms with Gasteiger partial charge in [0.15, 0.2) is 0 Å². The van der Waals surface area contributed by atoms with Crippen molar-refractivity contribution >= 4 is 5.91 Å². The SMILES string of the molecule is CC(C)(C)CCNC(=O)C1(NC(C)(C)C)CC1. The van der Waals surface area contributed by atoms with E-state index < -0.39 is 0 Å². The van der Waals surface area contributed by atoms with E-state index in [1.807, 2.05) is 0 Å². The van der Waals surface area contributed by atoms with Gasteiger partial charge in [-0.15, -0.1) is 0 Å². The van der Waals surface area contributed by atoms with Crippen LogP contribution in [0.2, 0.25) is 0 Å². The number of amides is 1. The monoisotopic (exact) mass is 240 g/mol. The summed E-state index contributed by atoms with van der Waals surface area (Å²) in [6, 6.07) is 0.